The summed E-state index contributed by atoms with van der Waals surface area (Å²) in [6.07, 6.45) is -4.44. The molecule has 98 valence electrons. The zero-order valence-electron chi connectivity index (χ0n) is 9.88. The fourth-order valence-corrected chi connectivity index (χ4v) is 1.58. The summed E-state index contributed by atoms with van der Waals surface area (Å²) in [4.78, 5) is 23.2. The van der Waals surface area contributed by atoms with Crippen LogP contribution in [0.15, 0.2) is 0 Å². The molecule has 0 aliphatic carbocycles. The van der Waals surface area contributed by atoms with Gasteiger partial charge in [-0.25, -0.2) is 14.0 Å². The number of carbonyl (C=O) groups excluding carboxylic acids is 1. The van der Waals surface area contributed by atoms with Crippen molar-refractivity contribution in [3.05, 3.63) is 0 Å². The van der Waals surface area contributed by atoms with Crippen LogP contribution in [0.5, 0.6) is 0 Å². The van der Waals surface area contributed by atoms with Gasteiger partial charge in [-0.3, -0.25) is 4.90 Å². The smallest absolute Gasteiger partial charge is 0.411 e. The van der Waals surface area contributed by atoms with Crippen LogP contribution in [0, 0.1) is 0 Å². The maximum atomic E-state index is 13.4. The number of rotatable bonds is 1. The zero-order valence-corrected chi connectivity index (χ0v) is 9.88. The van der Waals surface area contributed by atoms with Crippen molar-refractivity contribution in [1.29, 1.82) is 0 Å². The minimum absolute atomic E-state index is 0.382. The molecule has 1 amide bonds. The molecule has 0 radical (unpaired) electrons. The topological polar surface area (TPSA) is 87.1 Å². The lowest BCUT2D eigenvalue weighted by Crippen LogP contribution is -2.46. The molecule has 1 rings (SSSR count). The maximum Gasteiger partial charge on any atom is 0.411 e. The van der Waals surface area contributed by atoms with Gasteiger partial charge in [-0.15, -0.1) is 0 Å². The first-order valence-corrected chi connectivity index (χ1v) is 5.18. The van der Waals surface area contributed by atoms with Crippen LogP contribution in [0.25, 0.3) is 0 Å². The second-order valence-electron chi connectivity index (χ2n) is 4.93. The number of nitrogens with zero attached hydrogens (tertiary/aromatic N) is 1. The number of aliphatic carboxylic acids is 1. The molecule has 2 N–H and O–H groups in total. The van der Waals surface area contributed by atoms with E-state index in [1.807, 2.05) is 0 Å². The lowest BCUT2D eigenvalue weighted by molar-refractivity contribution is -0.144. The van der Waals surface area contributed by atoms with E-state index in [1.54, 1.807) is 20.8 Å². The quantitative estimate of drug-likeness (QED) is 0.702. The zero-order chi connectivity index (χ0) is 13.4. The third kappa shape index (κ3) is 3.06. The Labute approximate surface area is 98.0 Å². The number of alkyl halides is 1. The van der Waals surface area contributed by atoms with E-state index in [4.69, 9.17) is 9.84 Å². The van der Waals surface area contributed by atoms with Gasteiger partial charge in [-0.05, 0) is 20.8 Å². The van der Waals surface area contributed by atoms with Crippen molar-refractivity contribution in [2.75, 3.05) is 6.54 Å². The van der Waals surface area contributed by atoms with Gasteiger partial charge in [0, 0.05) is 0 Å². The monoisotopic (exact) mass is 249 g/mol. The number of aliphatic hydroxyl groups excluding tert-OH is 1. The Balaban J connectivity index is 2.82. The summed E-state index contributed by atoms with van der Waals surface area (Å²) in [5.41, 5.74) is -0.806. The Bertz CT molecular complexity index is 327. The minimum atomic E-state index is -2.00. The Hall–Kier alpha value is -1.37. The highest BCUT2D eigenvalue weighted by Gasteiger charge is 2.49. The number of halogens is 1. The van der Waals surface area contributed by atoms with E-state index in [0.29, 0.717) is 4.90 Å². The van der Waals surface area contributed by atoms with E-state index in [9.17, 15) is 19.1 Å². The summed E-state index contributed by atoms with van der Waals surface area (Å²) in [5, 5.41) is 18.1. The number of aliphatic hydroxyl groups is 1. The number of carboxylic acids is 1. The standard InChI is InChI=1S/C10H16FNO5/c1-10(2,3)17-9(16)12-4-5(13)6(11)7(12)8(14)15/h5-7,13H,4H2,1-3H3,(H,14,15)/t5-,6-,7+/m1/s1. The van der Waals surface area contributed by atoms with Gasteiger partial charge in [-0.1, -0.05) is 0 Å². The number of hydrogen-bond acceptors (Lipinski definition) is 4. The van der Waals surface area contributed by atoms with Gasteiger partial charge in [0.1, 0.15) is 11.7 Å². The number of hydrogen-bond donors (Lipinski definition) is 2. The Morgan fingerprint density at radius 3 is 2.35 bits per heavy atom. The second-order valence-corrected chi connectivity index (χ2v) is 4.93. The SMILES string of the molecule is CC(C)(C)OC(=O)N1C[C@@H](O)[C@@H](F)[C@H]1C(=O)O. The molecule has 1 fully saturated rings. The molecule has 0 spiro atoms. The summed E-state index contributed by atoms with van der Waals surface area (Å²) >= 11 is 0. The molecule has 3 atom stereocenters. The Morgan fingerprint density at radius 1 is 1.41 bits per heavy atom. The van der Waals surface area contributed by atoms with Crippen LogP contribution >= 0.6 is 0 Å². The van der Waals surface area contributed by atoms with E-state index in [2.05, 4.69) is 0 Å². The molecular weight excluding hydrogens is 233 g/mol. The molecule has 0 aromatic heterocycles. The minimum Gasteiger partial charge on any atom is -0.480 e. The molecule has 1 saturated heterocycles. The largest absolute Gasteiger partial charge is 0.480 e. The summed E-state index contributed by atoms with van der Waals surface area (Å²) < 4.78 is 18.3. The van der Waals surface area contributed by atoms with E-state index in [0.717, 1.165) is 0 Å². The predicted molar refractivity (Wildman–Crippen MR) is 55.3 cm³/mol. The molecule has 0 aromatic carbocycles. The maximum absolute atomic E-state index is 13.4. The number of carbonyl (C=O) groups is 2. The molecule has 0 saturated carbocycles. The Morgan fingerprint density at radius 2 is 1.94 bits per heavy atom. The van der Waals surface area contributed by atoms with Gasteiger partial charge in [-0.2, -0.15) is 0 Å². The summed E-state index contributed by atoms with van der Waals surface area (Å²) in [6.45, 7) is 4.45. The molecule has 1 aliphatic rings. The van der Waals surface area contributed by atoms with Gasteiger partial charge in [0.15, 0.2) is 12.2 Å². The molecule has 6 nitrogen and oxygen atoms in total. The van der Waals surface area contributed by atoms with Gasteiger partial charge in [0.2, 0.25) is 0 Å². The van der Waals surface area contributed by atoms with Gasteiger partial charge in [0.25, 0.3) is 0 Å². The highest BCUT2D eigenvalue weighted by Crippen LogP contribution is 2.24. The van der Waals surface area contributed by atoms with Crippen molar-refractivity contribution >= 4 is 12.1 Å². The molecular formula is C10H16FNO5. The van der Waals surface area contributed by atoms with Gasteiger partial charge >= 0.3 is 12.1 Å². The van der Waals surface area contributed by atoms with Crippen LogP contribution in [0.2, 0.25) is 0 Å². The van der Waals surface area contributed by atoms with Crippen molar-refractivity contribution in [3.63, 3.8) is 0 Å². The number of β-amino-alcohol motifs (C(OH)–C–C–N with tert-alkyl or cyclic N) is 1. The van der Waals surface area contributed by atoms with Crippen molar-refractivity contribution in [1.82, 2.24) is 4.90 Å². The molecule has 0 bridgehead atoms. The molecule has 7 heteroatoms. The van der Waals surface area contributed by atoms with Crippen molar-refractivity contribution in [2.45, 2.75) is 44.7 Å². The van der Waals surface area contributed by atoms with E-state index >= 15 is 0 Å². The molecule has 17 heavy (non-hydrogen) atoms. The van der Waals surface area contributed by atoms with Crippen LogP contribution < -0.4 is 0 Å². The second kappa shape index (κ2) is 4.48. The Kier molecular flexibility index (Phi) is 3.61. The lowest BCUT2D eigenvalue weighted by atomic mass is 10.1. The number of likely N-dealkylation sites (tertiary alicyclic amines) is 1. The number of carboxylic acid groups (broad SMARTS) is 1. The van der Waals surface area contributed by atoms with Crippen LogP contribution in [-0.2, 0) is 9.53 Å². The van der Waals surface area contributed by atoms with Gasteiger partial charge in [0.05, 0.1) is 6.54 Å². The molecule has 0 aromatic rings. The average molecular weight is 249 g/mol. The number of amides is 1. The van der Waals surface area contributed by atoms with Crippen molar-refractivity contribution in [2.24, 2.45) is 0 Å². The van der Waals surface area contributed by atoms with Gasteiger partial charge < -0.3 is 14.9 Å². The fourth-order valence-electron chi connectivity index (χ4n) is 1.58. The third-order valence-electron chi connectivity index (χ3n) is 2.27. The average Bonchev–Trinajstić information content (AvgIpc) is 2.40. The van der Waals surface area contributed by atoms with Crippen LogP contribution in [0.3, 0.4) is 0 Å². The van der Waals surface area contributed by atoms with Crippen molar-refractivity contribution < 1.29 is 28.9 Å². The normalized spacial score (nSPS) is 29.2. The number of ether oxygens (including phenoxy) is 1. The molecule has 0 unspecified atom stereocenters. The summed E-state index contributed by atoms with van der Waals surface area (Å²) in [6, 6.07) is -1.69. The molecule has 1 heterocycles. The highest BCUT2D eigenvalue weighted by molar-refractivity contribution is 5.81. The van der Waals surface area contributed by atoms with E-state index < -0.39 is 36.0 Å². The van der Waals surface area contributed by atoms with E-state index in [-0.39, 0.29) is 6.54 Å². The molecule has 1 aliphatic heterocycles. The first kappa shape index (κ1) is 13.7. The van der Waals surface area contributed by atoms with Crippen LogP contribution in [0.1, 0.15) is 20.8 Å². The highest BCUT2D eigenvalue weighted by atomic mass is 19.1. The summed E-state index contributed by atoms with van der Waals surface area (Å²) in [7, 11) is 0. The van der Waals surface area contributed by atoms with Crippen LogP contribution in [-0.4, -0.2) is 57.6 Å². The van der Waals surface area contributed by atoms with Crippen LogP contribution in [0.4, 0.5) is 9.18 Å². The first-order valence-electron chi connectivity index (χ1n) is 5.18. The summed E-state index contributed by atoms with van der Waals surface area (Å²) in [5.74, 6) is -1.50. The third-order valence-corrected chi connectivity index (χ3v) is 2.27. The fraction of sp³-hybridized carbons (Fsp3) is 0.800. The van der Waals surface area contributed by atoms with E-state index in [1.165, 1.54) is 0 Å². The first-order chi connectivity index (χ1) is 7.63. The lowest BCUT2D eigenvalue weighted by Gasteiger charge is -2.26. The predicted octanol–water partition coefficient (Wildman–Crippen LogP) is 0.389. The van der Waals surface area contributed by atoms with Crippen molar-refractivity contribution in [3.8, 4) is 0 Å².